The molecule has 2 rings (SSSR count). The minimum atomic E-state index is 0.124. The molecule has 0 fully saturated rings. The van der Waals surface area contributed by atoms with Crippen molar-refractivity contribution in [2.45, 2.75) is 20.3 Å². The van der Waals surface area contributed by atoms with E-state index in [1.54, 1.807) is 12.1 Å². The fourth-order valence-electron chi connectivity index (χ4n) is 1.50. The Bertz CT molecular complexity index is 523. The molecular formula is C12H13BrN2O2. The molecule has 1 heterocycles. The highest BCUT2D eigenvalue weighted by atomic mass is 79.9. The van der Waals surface area contributed by atoms with Gasteiger partial charge in [-0.1, -0.05) is 34.9 Å². The summed E-state index contributed by atoms with van der Waals surface area (Å²) in [6, 6.07) is 5.16. The number of aromatic hydroxyl groups is 1. The quantitative estimate of drug-likeness (QED) is 0.943. The van der Waals surface area contributed by atoms with Gasteiger partial charge in [-0.15, -0.1) is 0 Å². The summed E-state index contributed by atoms with van der Waals surface area (Å²) in [5, 5.41) is 13.7. The van der Waals surface area contributed by atoms with Gasteiger partial charge in [-0.3, -0.25) is 0 Å². The Morgan fingerprint density at radius 3 is 2.82 bits per heavy atom. The van der Waals surface area contributed by atoms with Gasteiger partial charge in [-0.25, -0.2) is 0 Å². The second-order valence-electron chi connectivity index (χ2n) is 4.28. The maximum atomic E-state index is 9.78. The van der Waals surface area contributed by atoms with Crippen LogP contribution in [0, 0.1) is 5.92 Å². The molecule has 0 aliphatic heterocycles. The Balaban J connectivity index is 2.30. The molecule has 5 heteroatoms. The summed E-state index contributed by atoms with van der Waals surface area (Å²) >= 11 is 3.28. The highest BCUT2D eigenvalue weighted by Gasteiger charge is 2.13. The van der Waals surface area contributed by atoms with Crippen LogP contribution in [0.25, 0.3) is 11.5 Å². The summed E-state index contributed by atoms with van der Waals surface area (Å²) in [7, 11) is 0. The molecule has 90 valence electrons. The Morgan fingerprint density at radius 1 is 1.41 bits per heavy atom. The van der Waals surface area contributed by atoms with E-state index in [0.717, 1.165) is 10.9 Å². The molecule has 1 N–H and O–H groups in total. The molecular weight excluding hydrogens is 284 g/mol. The number of benzene rings is 1. The molecule has 0 radical (unpaired) electrons. The summed E-state index contributed by atoms with van der Waals surface area (Å²) in [5.74, 6) is 1.61. The third kappa shape index (κ3) is 2.85. The van der Waals surface area contributed by atoms with Crippen molar-refractivity contribution in [2.24, 2.45) is 5.92 Å². The van der Waals surface area contributed by atoms with Gasteiger partial charge in [0, 0.05) is 10.9 Å². The predicted molar refractivity (Wildman–Crippen MR) is 67.6 cm³/mol. The van der Waals surface area contributed by atoms with Crippen LogP contribution in [0.1, 0.15) is 19.7 Å². The molecule has 0 amide bonds. The Kier molecular flexibility index (Phi) is 3.47. The van der Waals surface area contributed by atoms with Crippen LogP contribution in [-0.2, 0) is 6.42 Å². The van der Waals surface area contributed by atoms with Gasteiger partial charge in [-0.05, 0) is 24.1 Å². The van der Waals surface area contributed by atoms with Crippen molar-refractivity contribution >= 4 is 15.9 Å². The lowest BCUT2D eigenvalue weighted by atomic mass is 10.1. The van der Waals surface area contributed by atoms with E-state index in [1.165, 1.54) is 0 Å². The summed E-state index contributed by atoms with van der Waals surface area (Å²) in [6.07, 6.45) is 0.765. The van der Waals surface area contributed by atoms with Gasteiger partial charge in [0.2, 0.25) is 0 Å². The molecule has 0 saturated heterocycles. The number of hydrogen-bond acceptors (Lipinski definition) is 4. The van der Waals surface area contributed by atoms with Gasteiger partial charge in [-0.2, -0.15) is 4.98 Å². The molecule has 0 spiro atoms. The summed E-state index contributed by atoms with van der Waals surface area (Å²) in [4.78, 5) is 4.26. The van der Waals surface area contributed by atoms with Crippen molar-refractivity contribution in [3.05, 3.63) is 28.5 Å². The van der Waals surface area contributed by atoms with Gasteiger partial charge in [0.15, 0.2) is 5.82 Å². The monoisotopic (exact) mass is 296 g/mol. The number of hydrogen-bond donors (Lipinski definition) is 1. The Labute approximate surface area is 108 Å². The van der Waals surface area contributed by atoms with E-state index in [-0.39, 0.29) is 5.75 Å². The second kappa shape index (κ2) is 4.87. The topological polar surface area (TPSA) is 59.2 Å². The summed E-state index contributed by atoms with van der Waals surface area (Å²) in [6.45, 7) is 4.18. The lowest BCUT2D eigenvalue weighted by molar-refractivity contribution is 0.413. The smallest absolute Gasteiger partial charge is 0.261 e. The van der Waals surface area contributed by atoms with Crippen LogP contribution in [0.3, 0.4) is 0 Å². The Hall–Kier alpha value is -1.36. The first-order valence-corrected chi connectivity index (χ1v) is 6.17. The van der Waals surface area contributed by atoms with E-state index < -0.39 is 0 Å². The zero-order valence-corrected chi connectivity index (χ0v) is 11.2. The van der Waals surface area contributed by atoms with Crippen molar-refractivity contribution in [3.8, 4) is 17.2 Å². The SMILES string of the molecule is CC(C)Cc1noc(-c2ccc(Br)cc2O)n1. The fraction of sp³-hybridized carbons (Fsp3) is 0.333. The average Bonchev–Trinajstić information content (AvgIpc) is 2.65. The molecule has 0 unspecified atom stereocenters. The number of aromatic nitrogens is 2. The highest BCUT2D eigenvalue weighted by molar-refractivity contribution is 9.10. The van der Waals surface area contributed by atoms with Crippen LogP contribution in [0.2, 0.25) is 0 Å². The molecule has 0 bridgehead atoms. The van der Waals surface area contributed by atoms with Crippen molar-refractivity contribution in [3.63, 3.8) is 0 Å². The van der Waals surface area contributed by atoms with E-state index in [0.29, 0.717) is 23.2 Å². The van der Waals surface area contributed by atoms with Gasteiger partial charge < -0.3 is 9.63 Å². The normalized spacial score (nSPS) is 11.1. The fourth-order valence-corrected chi connectivity index (χ4v) is 1.85. The van der Waals surface area contributed by atoms with Gasteiger partial charge >= 0.3 is 0 Å². The molecule has 0 aliphatic carbocycles. The number of halogens is 1. The maximum absolute atomic E-state index is 9.78. The first-order chi connectivity index (χ1) is 8.06. The van der Waals surface area contributed by atoms with Gasteiger partial charge in [0.05, 0.1) is 5.56 Å². The lowest BCUT2D eigenvalue weighted by Crippen LogP contribution is -1.95. The average molecular weight is 297 g/mol. The molecule has 0 atom stereocenters. The minimum Gasteiger partial charge on any atom is -0.507 e. The predicted octanol–water partition coefficient (Wildman–Crippen LogP) is 3.40. The zero-order chi connectivity index (χ0) is 12.4. The van der Waals surface area contributed by atoms with E-state index in [4.69, 9.17) is 4.52 Å². The van der Waals surface area contributed by atoms with Crippen molar-refractivity contribution in [2.75, 3.05) is 0 Å². The largest absolute Gasteiger partial charge is 0.507 e. The maximum Gasteiger partial charge on any atom is 0.261 e. The number of phenols is 1. The van der Waals surface area contributed by atoms with Crippen LogP contribution < -0.4 is 0 Å². The highest BCUT2D eigenvalue weighted by Crippen LogP contribution is 2.30. The van der Waals surface area contributed by atoms with Crippen LogP contribution >= 0.6 is 15.9 Å². The number of phenolic OH excluding ortho intramolecular Hbond substituents is 1. The molecule has 4 nitrogen and oxygen atoms in total. The van der Waals surface area contributed by atoms with Crippen LogP contribution in [0.15, 0.2) is 27.2 Å². The first-order valence-electron chi connectivity index (χ1n) is 5.37. The summed E-state index contributed by atoms with van der Waals surface area (Å²) < 4.78 is 5.94. The van der Waals surface area contributed by atoms with E-state index in [9.17, 15) is 5.11 Å². The van der Waals surface area contributed by atoms with Crippen molar-refractivity contribution in [1.29, 1.82) is 0 Å². The summed E-state index contributed by atoms with van der Waals surface area (Å²) in [5.41, 5.74) is 0.552. The molecule has 2 aromatic rings. The molecule has 0 saturated carbocycles. The number of nitrogens with zero attached hydrogens (tertiary/aromatic N) is 2. The van der Waals surface area contributed by atoms with E-state index >= 15 is 0 Å². The van der Waals surface area contributed by atoms with E-state index in [1.807, 2.05) is 6.07 Å². The van der Waals surface area contributed by atoms with Crippen LogP contribution in [0.4, 0.5) is 0 Å². The van der Waals surface area contributed by atoms with Gasteiger partial charge in [0.1, 0.15) is 5.75 Å². The van der Waals surface area contributed by atoms with Crippen LogP contribution in [0.5, 0.6) is 5.75 Å². The Morgan fingerprint density at radius 2 is 2.18 bits per heavy atom. The van der Waals surface area contributed by atoms with E-state index in [2.05, 4.69) is 39.9 Å². The molecule has 17 heavy (non-hydrogen) atoms. The molecule has 1 aromatic heterocycles. The van der Waals surface area contributed by atoms with Crippen molar-refractivity contribution in [1.82, 2.24) is 10.1 Å². The molecule has 1 aromatic carbocycles. The first kappa shape index (κ1) is 12.1. The zero-order valence-electron chi connectivity index (χ0n) is 9.64. The number of rotatable bonds is 3. The third-order valence-corrected chi connectivity index (χ3v) is 2.74. The van der Waals surface area contributed by atoms with Crippen molar-refractivity contribution < 1.29 is 9.63 Å². The molecule has 0 aliphatic rings. The van der Waals surface area contributed by atoms with Crippen LogP contribution in [-0.4, -0.2) is 15.2 Å². The lowest BCUT2D eigenvalue weighted by Gasteiger charge is -1.99. The second-order valence-corrected chi connectivity index (χ2v) is 5.19. The standard InChI is InChI=1S/C12H13BrN2O2/c1-7(2)5-11-14-12(17-15-11)9-4-3-8(13)6-10(9)16/h3-4,6-7,16H,5H2,1-2H3. The van der Waals surface area contributed by atoms with Gasteiger partial charge in [0.25, 0.3) is 5.89 Å². The third-order valence-electron chi connectivity index (χ3n) is 2.25. The minimum absolute atomic E-state index is 0.124.